The third kappa shape index (κ3) is 4.73. The summed E-state index contributed by atoms with van der Waals surface area (Å²) < 4.78 is 0. The van der Waals surface area contributed by atoms with E-state index in [-0.39, 0.29) is 23.1 Å². The number of hydrogen-bond acceptors (Lipinski definition) is 2. The summed E-state index contributed by atoms with van der Waals surface area (Å²) in [5.74, 6) is 0.388. The summed E-state index contributed by atoms with van der Waals surface area (Å²) in [4.78, 5) is 25.8. The Bertz CT molecular complexity index is 437. The standard InChI is InChI=1S/C14H22N2O2/c1-10(2)6-4-7-11(3)16-14(18)12-8-5-9-15-13(12)17/h5,8-11H,4,6-7H2,1-3H3,(H,15,17)(H,16,18). The number of H-pyrrole nitrogens is 1. The Kier molecular flexibility index (Phi) is 5.62. The Hall–Kier alpha value is -1.58. The van der Waals surface area contributed by atoms with Crippen molar-refractivity contribution in [2.24, 2.45) is 5.92 Å². The SMILES string of the molecule is CC(C)CCCC(C)NC(=O)c1ccc[nH]c1=O. The summed E-state index contributed by atoms with van der Waals surface area (Å²) >= 11 is 0. The molecule has 1 heterocycles. The number of nitrogens with one attached hydrogen (secondary N) is 2. The van der Waals surface area contributed by atoms with Crippen LogP contribution < -0.4 is 10.9 Å². The summed E-state index contributed by atoms with van der Waals surface area (Å²) in [5.41, 5.74) is -0.169. The Morgan fingerprint density at radius 2 is 2.06 bits per heavy atom. The van der Waals surface area contributed by atoms with Gasteiger partial charge in [-0.2, -0.15) is 0 Å². The molecule has 0 fully saturated rings. The maximum Gasteiger partial charge on any atom is 0.260 e. The lowest BCUT2D eigenvalue weighted by Gasteiger charge is -2.14. The lowest BCUT2D eigenvalue weighted by Crippen LogP contribution is -2.35. The number of carbonyl (C=O) groups excluding carboxylic acids is 1. The zero-order valence-electron chi connectivity index (χ0n) is 11.3. The van der Waals surface area contributed by atoms with Crippen molar-refractivity contribution in [2.45, 2.75) is 46.1 Å². The van der Waals surface area contributed by atoms with Crippen molar-refractivity contribution in [3.63, 3.8) is 0 Å². The van der Waals surface area contributed by atoms with Crippen molar-refractivity contribution in [2.75, 3.05) is 0 Å². The topological polar surface area (TPSA) is 62.0 Å². The molecule has 0 aliphatic carbocycles. The molecule has 1 aromatic rings. The lowest BCUT2D eigenvalue weighted by molar-refractivity contribution is 0.0936. The van der Waals surface area contributed by atoms with Gasteiger partial charge in [0.1, 0.15) is 5.56 Å². The van der Waals surface area contributed by atoms with E-state index in [1.807, 2.05) is 6.92 Å². The molecule has 1 unspecified atom stereocenters. The molecule has 1 atom stereocenters. The van der Waals surface area contributed by atoms with Crippen molar-refractivity contribution >= 4 is 5.91 Å². The van der Waals surface area contributed by atoms with Crippen molar-refractivity contribution in [3.8, 4) is 0 Å². The Labute approximate surface area is 108 Å². The van der Waals surface area contributed by atoms with Crippen LogP contribution in [0, 0.1) is 5.92 Å². The molecule has 0 bridgehead atoms. The molecule has 0 radical (unpaired) electrons. The van der Waals surface area contributed by atoms with Crippen LogP contribution in [0.25, 0.3) is 0 Å². The Morgan fingerprint density at radius 3 is 2.67 bits per heavy atom. The Morgan fingerprint density at radius 1 is 1.33 bits per heavy atom. The average Bonchev–Trinajstić information content (AvgIpc) is 2.28. The first-order chi connectivity index (χ1) is 8.50. The van der Waals surface area contributed by atoms with Gasteiger partial charge in [0, 0.05) is 12.2 Å². The molecule has 0 spiro atoms. The van der Waals surface area contributed by atoms with E-state index in [1.165, 1.54) is 12.3 Å². The third-order valence-electron chi connectivity index (χ3n) is 2.86. The van der Waals surface area contributed by atoms with Gasteiger partial charge in [-0.1, -0.05) is 26.7 Å². The zero-order chi connectivity index (χ0) is 13.5. The van der Waals surface area contributed by atoms with Gasteiger partial charge >= 0.3 is 0 Å². The van der Waals surface area contributed by atoms with Crippen molar-refractivity contribution < 1.29 is 4.79 Å². The quantitative estimate of drug-likeness (QED) is 0.814. The molecule has 100 valence electrons. The number of amides is 1. The number of aromatic nitrogens is 1. The minimum absolute atomic E-state index is 0.0934. The van der Waals surface area contributed by atoms with Gasteiger partial charge in [-0.15, -0.1) is 0 Å². The van der Waals surface area contributed by atoms with Crippen LogP contribution in [0.5, 0.6) is 0 Å². The molecular formula is C14H22N2O2. The summed E-state index contributed by atoms with van der Waals surface area (Å²) in [7, 11) is 0. The van der Waals surface area contributed by atoms with E-state index in [2.05, 4.69) is 24.1 Å². The second-order valence-corrected chi connectivity index (χ2v) is 5.11. The summed E-state index contributed by atoms with van der Waals surface area (Å²) in [6.45, 7) is 6.34. The van der Waals surface area contributed by atoms with Crippen molar-refractivity contribution in [3.05, 3.63) is 34.2 Å². The molecule has 1 aromatic heterocycles. The van der Waals surface area contributed by atoms with Gasteiger partial charge in [0.25, 0.3) is 11.5 Å². The predicted molar refractivity (Wildman–Crippen MR) is 72.7 cm³/mol. The molecule has 0 aliphatic heterocycles. The van der Waals surface area contributed by atoms with E-state index in [1.54, 1.807) is 6.07 Å². The molecular weight excluding hydrogens is 228 g/mol. The number of rotatable bonds is 6. The monoisotopic (exact) mass is 250 g/mol. The maximum absolute atomic E-state index is 11.8. The average molecular weight is 250 g/mol. The molecule has 2 N–H and O–H groups in total. The fraction of sp³-hybridized carbons (Fsp3) is 0.571. The summed E-state index contributed by atoms with van der Waals surface area (Å²) in [5, 5.41) is 2.85. The summed E-state index contributed by atoms with van der Waals surface area (Å²) in [6.07, 6.45) is 4.70. The van der Waals surface area contributed by atoms with Crippen LogP contribution in [-0.2, 0) is 0 Å². The highest BCUT2D eigenvalue weighted by atomic mass is 16.2. The van der Waals surface area contributed by atoms with Gasteiger partial charge in [-0.25, -0.2) is 0 Å². The predicted octanol–water partition coefficient (Wildman–Crippen LogP) is 2.32. The molecule has 0 aliphatic rings. The maximum atomic E-state index is 11.8. The van der Waals surface area contributed by atoms with E-state index in [4.69, 9.17) is 0 Å². The van der Waals surface area contributed by atoms with E-state index in [9.17, 15) is 9.59 Å². The van der Waals surface area contributed by atoms with Gasteiger partial charge in [0.15, 0.2) is 0 Å². The minimum atomic E-state index is -0.343. The van der Waals surface area contributed by atoms with Crippen LogP contribution in [0.1, 0.15) is 50.4 Å². The van der Waals surface area contributed by atoms with Crippen LogP contribution >= 0.6 is 0 Å². The number of aromatic amines is 1. The molecule has 1 rings (SSSR count). The van der Waals surface area contributed by atoms with Crippen LogP contribution in [0.3, 0.4) is 0 Å². The highest BCUT2D eigenvalue weighted by Gasteiger charge is 2.12. The second-order valence-electron chi connectivity index (χ2n) is 5.11. The first kappa shape index (κ1) is 14.5. The van der Waals surface area contributed by atoms with Gasteiger partial charge in [0.05, 0.1) is 0 Å². The van der Waals surface area contributed by atoms with Crippen LogP contribution in [-0.4, -0.2) is 16.9 Å². The zero-order valence-corrected chi connectivity index (χ0v) is 11.3. The van der Waals surface area contributed by atoms with Gasteiger partial charge < -0.3 is 10.3 Å². The molecule has 4 nitrogen and oxygen atoms in total. The fourth-order valence-electron chi connectivity index (χ4n) is 1.81. The van der Waals surface area contributed by atoms with E-state index < -0.39 is 0 Å². The van der Waals surface area contributed by atoms with Crippen LogP contribution in [0.2, 0.25) is 0 Å². The summed E-state index contributed by atoms with van der Waals surface area (Å²) in [6, 6.07) is 3.28. The molecule has 0 aromatic carbocycles. The molecule has 4 heteroatoms. The van der Waals surface area contributed by atoms with E-state index >= 15 is 0 Å². The van der Waals surface area contributed by atoms with Gasteiger partial charge in [-0.05, 0) is 31.4 Å². The highest BCUT2D eigenvalue weighted by Crippen LogP contribution is 2.08. The second kappa shape index (κ2) is 6.99. The van der Waals surface area contributed by atoms with Crippen molar-refractivity contribution in [1.82, 2.24) is 10.3 Å². The molecule has 0 saturated heterocycles. The molecule has 0 saturated carbocycles. The third-order valence-corrected chi connectivity index (χ3v) is 2.86. The van der Waals surface area contributed by atoms with Crippen molar-refractivity contribution in [1.29, 1.82) is 0 Å². The van der Waals surface area contributed by atoms with E-state index in [0.29, 0.717) is 5.92 Å². The number of hydrogen-bond donors (Lipinski definition) is 2. The number of pyridine rings is 1. The normalized spacial score (nSPS) is 12.4. The van der Waals surface area contributed by atoms with Gasteiger partial charge in [-0.3, -0.25) is 9.59 Å². The Balaban J connectivity index is 2.45. The molecule has 18 heavy (non-hydrogen) atoms. The van der Waals surface area contributed by atoms with Crippen LogP contribution in [0.4, 0.5) is 0 Å². The van der Waals surface area contributed by atoms with Crippen LogP contribution in [0.15, 0.2) is 23.1 Å². The van der Waals surface area contributed by atoms with Gasteiger partial charge in [0.2, 0.25) is 0 Å². The fourth-order valence-corrected chi connectivity index (χ4v) is 1.81. The van der Waals surface area contributed by atoms with E-state index in [0.717, 1.165) is 19.3 Å². The smallest absolute Gasteiger partial charge is 0.260 e. The number of carbonyl (C=O) groups is 1. The minimum Gasteiger partial charge on any atom is -0.349 e. The largest absolute Gasteiger partial charge is 0.349 e. The first-order valence-electron chi connectivity index (χ1n) is 6.49. The molecule has 1 amide bonds. The first-order valence-corrected chi connectivity index (χ1v) is 6.49. The lowest BCUT2D eigenvalue weighted by atomic mass is 10.0. The highest BCUT2D eigenvalue weighted by molar-refractivity contribution is 5.93.